The lowest BCUT2D eigenvalue weighted by molar-refractivity contribution is 0.000209. The Morgan fingerprint density at radius 1 is 1.23 bits per heavy atom. The minimum Gasteiger partial charge on any atom is -0.494 e. The van der Waals surface area contributed by atoms with Gasteiger partial charge in [-0.15, -0.1) is 0 Å². The molecule has 1 atom stereocenters. The van der Waals surface area contributed by atoms with Crippen LogP contribution in [0.3, 0.4) is 0 Å². The zero-order valence-electron chi connectivity index (χ0n) is 16.3. The van der Waals surface area contributed by atoms with Gasteiger partial charge >= 0.3 is 0 Å². The fourth-order valence-corrected chi connectivity index (χ4v) is 2.96. The molecule has 0 spiro atoms. The number of H-pyrrole nitrogens is 1. The number of aromatic nitrogens is 5. The molecule has 154 valence electrons. The van der Waals surface area contributed by atoms with Crippen molar-refractivity contribution in [2.45, 2.75) is 6.10 Å². The monoisotopic (exact) mass is 408 g/mol. The van der Waals surface area contributed by atoms with Gasteiger partial charge in [-0.3, -0.25) is 10.1 Å². The molecule has 0 saturated carbocycles. The largest absolute Gasteiger partial charge is 0.494 e. The Morgan fingerprint density at radius 2 is 2.13 bits per heavy atom. The molecule has 1 aliphatic rings. The molecular weight excluding hydrogens is 388 g/mol. The molecule has 11 heteroatoms. The zero-order chi connectivity index (χ0) is 20.8. The third kappa shape index (κ3) is 4.45. The van der Waals surface area contributed by atoms with Gasteiger partial charge in [-0.1, -0.05) is 0 Å². The van der Waals surface area contributed by atoms with Gasteiger partial charge in [0.05, 0.1) is 49.8 Å². The molecule has 0 bridgehead atoms. The van der Waals surface area contributed by atoms with Crippen LogP contribution in [0.5, 0.6) is 11.5 Å². The number of methoxy groups -OCH3 is 1. The molecule has 0 radical (unpaired) electrons. The summed E-state index contributed by atoms with van der Waals surface area (Å²) in [6.07, 6.45) is 6.06. The van der Waals surface area contributed by atoms with Gasteiger partial charge in [0, 0.05) is 19.2 Å². The van der Waals surface area contributed by atoms with E-state index in [1.165, 1.54) is 12.4 Å². The number of morpholine rings is 1. The average Bonchev–Trinajstić information content (AvgIpc) is 3.26. The number of nitriles is 1. The molecule has 0 unspecified atom stereocenters. The standard InChI is InChI=1S/C19H20N8O3/c1-28-15-8-22-9-16(30-11-13-7-21-2-3-29-13)19(15)14-4-17(27-26-14)25-18-10-23-12(5-20)6-24-18/h4,6,8-10,13,21H,2-3,7,11H2,1H3,(H2,24,25,26,27)/t13-/m1/s1. The molecule has 11 nitrogen and oxygen atoms in total. The van der Waals surface area contributed by atoms with E-state index in [0.717, 1.165) is 13.1 Å². The Hall–Kier alpha value is -3.75. The van der Waals surface area contributed by atoms with Crippen LogP contribution in [0.1, 0.15) is 5.69 Å². The van der Waals surface area contributed by atoms with Gasteiger partial charge in [-0.2, -0.15) is 10.4 Å². The summed E-state index contributed by atoms with van der Waals surface area (Å²) in [7, 11) is 1.57. The summed E-state index contributed by atoms with van der Waals surface area (Å²) in [5, 5.41) is 22.4. The third-order valence-corrected chi connectivity index (χ3v) is 4.40. The Kier molecular flexibility index (Phi) is 5.98. The molecule has 0 amide bonds. The van der Waals surface area contributed by atoms with Gasteiger partial charge < -0.3 is 24.8 Å². The second kappa shape index (κ2) is 9.17. The maximum atomic E-state index is 8.82. The van der Waals surface area contributed by atoms with E-state index in [4.69, 9.17) is 19.5 Å². The highest BCUT2D eigenvalue weighted by Gasteiger charge is 2.19. The van der Waals surface area contributed by atoms with E-state index < -0.39 is 0 Å². The van der Waals surface area contributed by atoms with Crippen molar-refractivity contribution in [1.29, 1.82) is 5.26 Å². The first kappa shape index (κ1) is 19.6. The highest BCUT2D eigenvalue weighted by Crippen LogP contribution is 2.37. The molecule has 3 N–H and O–H groups in total. The molecule has 0 aromatic carbocycles. The van der Waals surface area contributed by atoms with Crippen LogP contribution in [0, 0.1) is 11.3 Å². The summed E-state index contributed by atoms with van der Waals surface area (Å²) in [6.45, 7) is 2.62. The number of hydrogen-bond acceptors (Lipinski definition) is 10. The predicted molar refractivity (Wildman–Crippen MR) is 107 cm³/mol. The molecule has 4 heterocycles. The lowest BCUT2D eigenvalue weighted by Crippen LogP contribution is -2.41. The highest BCUT2D eigenvalue weighted by molar-refractivity contribution is 5.75. The first-order valence-corrected chi connectivity index (χ1v) is 9.29. The average molecular weight is 408 g/mol. The summed E-state index contributed by atoms with van der Waals surface area (Å²) < 4.78 is 17.2. The van der Waals surface area contributed by atoms with Gasteiger partial charge in [0.1, 0.15) is 30.3 Å². The molecule has 30 heavy (non-hydrogen) atoms. The summed E-state index contributed by atoms with van der Waals surface area (Å²) in [5.74, 6) is 2.08. The van der Waals surface area contributed by atoms with E-state index in [9.17, 15) is 0 Å². The minimum atomic E-state index is -0.0354. The number of aromatic amines is 1. The van der Waals surface area contributed by atoms with Crippen LogP contribution >= 0.6 is 0 Å². The van der Waals surface area contributed by atoms with Crippen LogP contribution in [0.4, 0.5) is 11.6 Å². The van der Waals surface area contributed by atoms with Crippen LogP contribution in [-0.2, 0) is 4.74 Å². The Bertz CT molecular complexity index is 1030. The molecule has 4 rings (SSSR count). The van der Waals surface area contributed by atoms with Gasteiger partial charge in [0.25, 0.3) is 0 Å². The van der Waals surface area contributed by atoms with Crippen molar-refractivity contribution in [3.63, 3.8) is 0 Å². The molecular formula is C19H20N8O3. The lowest BCUT2D eigenvalue weighted by atomic mass is 10.1. The maximum absolute atomic E-state index is 8.82. The smallest absolute Gasteiger partial charge is 0.158 e. The second-order valence-corrected chi connectivity index (χ2v) is 6.41. The first-order chi connectivity index (χ1) is 14.8. The van der Waals surface area contributed by atoms with Gasteiger partial charge in [-0.05, 0) is 0 Å². The molecule has 3 aromatic rings. The summed E-state index contributed by atoms with van der Waals surface area (Å²) >= 11 is 0. The van der Waals surface area contributed by atoms with Crippen molar-refractivity contribution in [2.75, 3.05) is 38.7 Å². The number of nitrogens with one attached hydrogen (secondary N) is 3. The highest BCUT2D eigenvalue weighted by atomic mass is 16.5. The summed E-state index contributed by atoms with van der Waals surface area (Å²) in [4.78, 5) is 12.3. The molecule has 1 saturated heterocycles. The fraction of sp³-hybridized carbons (Fsp3) is 0.316. The Morgan fingerprint density at radius 3 is 2.87 bits per heavy atom. The lowest BCUT2D eigenvalue weighted by Gasteiger charge is -2.24. The number of anilines is 2. The van der Waals surface area contributed by atoms with Gasteiger partial charge in [0.2, 0.25) is 0 Å². The summed E-state index contributed by atoms with van der Waals surface area (Å²) in [6, 6.07) is 3.72. The molecule has 1 aliphatic heterocycles. The van der Waals surface area contributed by atoms with Crippen molar-refractivity contribution >= 4 is 11.6 Å². The van der Waals surface area contributed by atoms with Crippen LogP contribution in [0.15, 0.2) is 30.9 Å². The number of pyridine rings is 1. The van der Waals surface area contributed by atoms with Crippen molar-refractivity contribution in [3.8, 4) is 28.8 Å². The number of rotatable bonds is 7. The van der Waals surface area contributed by atoms with Crippen molar-refractivity contribution in [2.24, 2.45) is 0 Å². The van der Waals surface area contributed by atoms with E-state index in [2.05, 4.69) is 35.8 Å². The minimum absolute atomic E-state index is 0.0354. The van der Waals surface area contributed by atoms with Crippen molar-refractivity contribution in [1.82, 2.24) is 30.5 Å². The third-order valence-electron chi connectivity index (χ3n) is 4.40. The normalized spacial score (nSPS) is 15.9. The van der Waals surface area contributed by atoms with Gasteiger partial charge in [0.15, 0.2) is 17.3 Å². The number of ether oxygens (including phenoxy) is 3. The van der Waals surface area contributed by atoms with E-state index in [1.807, 2.05) is 6.07 Å². The SMILES string of the molecule is COc1cncc(OC[C@H]2CNCCO2)c1-c1cc(Nc2cnc(C#N)cn2)n[nH]1. The number of nitrogens with zero attached hydrogens (tertiary/aromatic N) is 5. The second-order valence-electron chi connectivity index (χ2n) is 6.41. The summed E-state index contributed by atoms with van der Waals surface area (Å²) in [5.41, 5.74) is 1.61. The van der Waals surface area contributed by atoms with E-state index >= 15 is 0 Å². The van der Waals surface area contributed by atoms with Crippen LogP contribution in [0.2, 0.25) is 0 Å². The molecule has 0 aliphatic carbocycles. The van der Waals surface area contributed by atoms with Crippen LogP contribution < -0.4 is 20.1 Å². The van der Waals surface area contributed by atoms with E-state index in [1.54, 1.807) is 25.6 Å². The quantitative estimate of drug-likeness (QED) is 0.522. The van der Waals surface area contributed by atoms with E-state index in [-0.39, 0.29) is 11.8 Å². The molecule has 3 aromatic heterocycles. The van der Waals surface area contributed by atoms with Crippen LogP contribution in [-0.4, -0.2) is 64.7 Å². The Labute approximate surface area is 172 Å². The fourth-order valence-electron chi connectivity index (χ4n) is 2.96. The van der Waals surface area contributed by atoms with Crippen molar-refractivity contribution in [3.05, 3.63) is 36.5 Å². The first-order valence-electron chi connectivity index (χ1n) is 9.29. The van der Waals surface area contributed by atoms with Gasteiger partial charge in [-0.25, -0.2) is 9.97 Å². The number of hydrogen-bond donors (Lipinski definition) is 3. The van der Waals surface area contributed by atoms with Crippen LogP contribution in [0.25, 0.3) is 11.3 Å². The van der Waals surface area contributed by atoms with E-state index in [0.29, 0.717) is 47.6 Å². The predicted octanol–water partition coefficient (Wildman–Crippen LogP) is 1.25. The zero-order valence-corrected chi connectivity index (χ0v) is 16.3. The maximum Gasteiger partial charge on any atom is 0.158 e. The molecule has 1 fully saturated rings. The Balaban J connectivity index is 1.54. The topological polar surface area (TPSA) is 143 Å². The van der Waals surface area contributed by atoms with Crippen molar-refractivity contribution < 1.29 is 14.2 Å².